The van der Waals surface area contributed by atoms with Crippen LogP contribution in [0.2, 0.25) is 0 Å². The number of hydrogen-bond donors (Lipinski definition) is 2. The lowest BCUT2D eigenvalue weighted by molar-refractivity contribution is 0.461. The van der Waals surface area contributed by atoms with Gasteiger partial charge in [0.1, 0.15) is 0 Å². The summed E-state index contributed by atoms with van der Waals surface area (Å²) in [5, 5.41) is 19.0. The first-order valence-electron chi connectivity index (χ1n) is 5.01. The largest absolute Gasteiger partial charge is 0.307 e. The predicted octanol–water partition coefficient (Wildman–Crippen LogP) is 1.19. The normalized spacial score (nSPS) is 26.2. The molecule has 4 nitrogen and oxygen atoms in total. The molecule has 0 bridgehead atoms. The van der Waals surface area contributed by atoms with Crippen LogP contribution in [0.15, 0.2) is 12.3 Å². The summed E-state index contributed by atoms with van der Waals surface area (Å²) in [7, 11) is 0. The average Bonchev–Trinajstić information content (AvgIpc) is 2.85. The maximum atomic E-state index is 8.88. The van der Waals surface area contributed by atoms with Crippen LogP contribution in [-0.4, -0.2) is 16.2 Å². The summed E-state index contributed by atoms with van der Waals surface area (Å²) in [5.74, 6) is 0.193. The van der Waals surface area contributed by atoms with Gasteiger partial charge in [-0.25, -0.2) is 0 Å². The topological polar surface area (TPSA) is 64.5 Å². The predicted molar refractivity (Wildman–Crippen MR) is 52.2 cm³/mol. The van der Waals surface area contributed by atoms with Crippen molar-refractivity contribution < 1.29 is 0 Å². The van der Waals surface area contributed by atoms with Gasteiger partial charge in [0.05, 0.1) is 12.0 Å². The van der Waals surface area contributed by atoms with Gasteiger partial charge in [-0.3, -0.25) is 5.10 Å². The molecular formula is C10H14N4. The lowest BCUT2D eigenvalue weighted by Gasteiger charge is -2.14. The van der Waals surface area contributed by atoms with Crippen LogP contribution in [0.3, 0.4) is 0 Å². The van der Waals surface area contributed by atoms with Crippen molar-refractivity contribution >= 4 is 0 Å². The van der Waals surface area contributed by atoms with E-state index in [9.17, 15) is 0 Å². The number of hydrogen-bond acceptors (Lipinski definition) is 3. The molecule has 1 aliphatic carbocycles. The van der Waals surface area contributed by atoms with E-state index in [2.05, 4.69) is 21.6 Å². The fraction of sp³-hybridized carbons (Fsp3) is 0.600. The van der Waals surface area contributed by atoms with Gasteiger partial charge in [-0.15, -0.1) is 0 Å². The van der Waals surface area contributed by atoms with Gasteiger partial charge >= 0.3 is 0 Å². The van der Waals surface area contributed by atoms with Crippen LogP contribution in [0.5, 0.6) is 0 Å². The summed E-state index contributed by atoms with van der Waals surface area (Å²) in [5.41, 5.74) is 1.08. The number of nitrogens with zero attached hydrogens (tertiary/aromatic N) is 2. The highest BCUT2D eigenvalue weighted by Gasteiger charge is 2.26. The minimum Gasteiger partial charge on any atom is -0.307 e. The van der Waals surface area contributed by atoms with Gasteiger partial charge in [0.15, 0.2) is 0 Å². The van der Waals surface area contributed by atoms with E-state index in [0.29, 0.717) is 6.04 Å². The van der Waals surface area contributed by atoms with Crippen molar-refractivity contribution in [2.24, 2.45) is 5.92 Å². The standard InChI is InChI=1S/C10H14N4/c11-6-8-2-1-3-10(8)12-7-9-4-5-13-14-9/h4-5,8,10,12H,1-3,7H2,(H,13,14). The summed E-state index contributed by atoms with van der Waals surface area (Å²) in [6.45, 7) is 0.781. The van der Waals surface area contributed by atoms with Gasteiger partial charge in [-0.05, 0) is 18.9 Å². The summed E-state index contributed by atoms with van der Waals surface area (Å²) in [6.07, 6.45) is 5.07. The van der Waals surface area contributed by atoms with Crippen molar-refractivity contribution in [1.29, 1.82) is 5.26 Å². The van der Waals surface area contributed by atoms with Crippen LogP contribution in [-0.2, 0) is 6.54 Å². The van der Waals surface area contributed by atoms with Crippen LogP contribution in [0.4, 0.5) is 0 Å². The highest BCUT2D eigenvalue weighted by molar-refractivity contribution is 5.00. The lowest BCUT2D eigenvalue weighted by Crippen LogP contribution is -2.31. The molecule has 2 unspecified atom stereocenters. The zero-order valence-electron chi connectivity index (χ0n) is 8.03. The molecule has 0 aromatic carbocycles. The Morgan fingerprint density at radius 1 is 1.64 bits per heavy atom. The van der Waals surface area contributed by atoms with Crippen LogP contribution in [0.1, 0.15) is 25.0 Å². The van der Waals surface area contributed by atoms with Gasteiger partial charge in [-0.2, -0.15) is 10.4 Å². The maximum absolute atomic E-state index is 8.88. The summed E-state index contributed by atoms with van der Waals surface area (Å²) in [6, 6.07) is 4.67. The molecule has 2 rings (SSSR count). The average molecular weight is 190 g/mol. The first-order chi connectivity index (χ1) is 6.90. The fourth-order valence-electron chi connectivity index (χ4n) is 1.98. The van der Waals surface area contributed by atoms with Gasteiger partial charge in [0.25, 0.3) is 0 Å². The number of aromatic amines is 1. The summed E-state index contributed by atoms with van der Waals surface area (Å²) >= 11 is 0. The van der Waals surface area contributed by atoms with Crippen molar-refractivity contribution in [3.05, 3.63) is 18.0 Å². The van der Waals surface area contributed by atoms with E-state index in [1.807, 2.05) is 6.07 Å². The number of nitriles is 1. The second-order valence-electron chi connectivity index (χ2n) is 3.74. The minimum absolute atomic E-state index is 0.193. The third kappa shape index (κ3) is 1.94. The second kappa shape index (κ2) is 4.25. The molecule has 0 amide bonds. The molecule has 0 aliphatic heterocycles. The maximum Gasteiger partial charge on any atom is 0.0672 e. The molecule has 0 saturated heterocycles. The van der Waals surface area contributed by atoms with Crippen LogP contribution >= 0.6 is 0 Å². The van der Waals surface area contributed by atoms with Crippen molar-refractivity contribution in [1.82, 2.24) is 15.5 Å². The van der Waals surface area contributed by atoms with E-state index < -0.39 is 0 Å². The molecule has 2 atom stereocenters. The Balaban J connectivity index is 1.83. The molecule has 1 aliphatic rings. The van der Waals surface area contributed by atoms with Crippen LogP contribution < -0.4 is 5.32 Å². The Hall–Kier alpha value is -1.34. The third-order valence-electron chi connectivity index (χ3n) is 2.79. The first-order valence-corrected chi connectivity index (χ1v) is 5.01. The molecule has 1 saturated carbocycles. The van der Waals surface area contributed by atoms with Crippen LogP contribution in [0, 0.1) is 17.2 Å². The molecular weight excluding hydrogens is 176 g/mol. The Bertz CT molecular complexity index is 311. The fourth-order valence-corrected chi connectivity index (χ4v) is 1.98. The smallest absolute Gasteiger partial charge is 0.0672 e. The monoisotopic (exact) mass is 190 g/mol. The molecule has 74 valence electrons. The zero-order valence-corrected chi connectivity index (χ0v) is 8.03. The van der Waals surface area contributed by atoms with Crippen molar-refractivity contribution in [3.8, 4) is 6.07 Å². The Labute approximate surface area is 83.3 Å². The minimum atomic E-state index is 0.193. The molecule has 1 aromatic rings. The van der Waals surface area contributed by atoms with Crippen molar-refractivity contribution in [3.63, 3.8) is 0 Å². The highest BCUT2D eigenvalue weighted by Crippen LogP contribution is 2.24. The van der Waals surface area contributed by atoms with Gasteiger partial charge < -0.3 is 5.32 Å². The molecule has 1 heterocycles. The van der Waals surface area contributed by atoms with E-state index in [1.165, 1.54) is 6.42 Å². The quantitative estimate of drug-likeness (QED) is 0.752. The van der Waals surface area contributed by atoms with E-state index in [1.54, 1.807) is 6.20 Å². The second-order valence-corrected chi connectivity index (χ2v) is 3.74. The number of aromatic nitrogens is 2. The highest BCUT2D eigenvalue weighted by atomic mass is 15.1. The van der Waals surface area contributed by atoms with Crippen LogP contribution in [0.25, 0.3) is 0 Å². The zero-order chi connectivity index (χ0) is 9.80. The van der Waals surface area contributed by atoms with Gasteiger partial charge in [0, 0.05) is 24.5 Å². The van der Waals surface area contributed by atoms with E-state index >= 15 is 0 Å². The molecule has 1 fully saturated rings. The SMILES string of the molecule is N#CC1CCCC1NCc1ccn[nH]1. The molecule has 14 heavy (non-hydrogen) atoms. The lowest BCUT2D eigenvalue weighted by atomic mass is 10.1. The van der Waals surface area contributed by atoms with Gasteiger partial charge in [0.2, 0.25) is 0 Å². The van der Waals surface area contributed by atoms with E-state index in [-0.39, 0.29) is 5.92 Å². The molecule has 2 N–H and O–H groups in total. The molecule has 1 aromatic heterocycles. The van der Waals surface area contributed by atoms with Crippen molar-refractivity contribution in [2.75, 3.05) is 0 Å². The molecule has 0 radical (unpaired) electrons. The number of H-pyrrole nitrogens is 1. The van der Waals surface area contributed by atoms with E-state index in [0.717, 1.165) is 25.1 Å². The summed E-state index contributed by atoms with van der Waals surface area (Å²) in [4.78, 5) is 0. The number of rotatable bonds is 3. The first kappa shape index (κ1) is 9.22. The Kier molecular flexibility index (Phi) is 2.80. The molecule has 4 heteroatoms. The summed E-state index contributed by atoms with van der Waals surface area (Å²) < 4.78 is 0. The van der Waals surface area contributed by atoms with E-state index in [4.69, 9.17) is 5.26 Å². The Morgan fingerprint density at radius 2 is 2.57 bits per heavy atom. The third-order valence-corrected chi connectivity index (χ3v) is 2.79. The number of nitrogens with one attached hydrogen (secondary N) is 2. The van der Waals surface area contributed by atoms with Crippen molar-refractivity contribution in [2.45, 2.75) is 31.8 Å². The Morgan fingerprint density at radius 3 is 3.29 bits per heavy atom. The molecule has 0 spiro atoms. The van der Waals surface area contributed by atoms with Gasteiger partial charge in [-0.1, -0.05) is 6.42 Å².